The van der Waals surface area contributed by atoms with E-state index in [-0.39, 0.29) is 13.7 Å². The van der Waals surface area contributed by atoms with Gasteiger partial charge in [0.05, 0.1) is 22.1 Å². The van der Waals surface area contributed by atoms with E-state index in [1.165, 1.54) is 154 Å². The van der Waals surface area contributed by atoms with Crippen LogP contribution in [0.5, 0.6) is 0 Å². The summed E-state index contributed by atoms with van der Waals surface area (Å²) in [5, 5.41) is 10.00. The first-order valence-corrected chi connectivity index (χ1v) is 31.0. The number of rotatable bonds is 4. The highest BCUT2D eigenvalue weighted by atomic mass is 15.2. The van der Waals surface area contributed by atoms with Crippen LogP contribution in [-0.2, 0) is 0 Å². The lowest BCUT2D eigenvalue weighted by molar-refractivity contribution is 1.18. The van der Waals surface area contributed by atoms with E-state index in [1.807, 2.05) is 6.92 Å². The Morgan fingerprint density at radius 1 is 0.292 bits per heavy atom. The van der Waals surface area contributed by atoms with E-state index in [0.717, 1.165) is 22.7 Å². The number of anilines is 6. The van der Waals surface area contributed by atoms with Crippen LogP contribution in [-0.4, -0.2) is 31.8 Å². The molecule has 0 fully saturated rings. The Hall–Kier alpha value is -11.5. The lowest BCUT2D eigenvalue weighted by Gasteiger charge is -2.44. The molecule has 412 valence electrons. The SMILES string of the molecule is C=CC.c1ccc(N2c3cc4c(cc3B3c5c2cc2c6ccccc6n(-c6ccccc6)c2c5-c2cccc5c6ccccc6n3c25)B2c3c(cc5c6ccccc6n(-c6ccccc6)c5c3-c3cccc5c6ccccc6n2c35)N4c2ccccc2)cc1. The van der Waals surface area contributed by atoms with Crippen LogP contribution in [0.15, 0.2) is 292 Å². The Balaban J connectivity index is 0.00000182. The molecule has 4 aliphatic heterocycles. The molecule has 0 unspecified atom stereocenters. The summed E-state index contributed by atoms with van der Waals surface area (Å²) in [6, 6.07) is 105. The van der Waals surface area contributed by atoms with Gasteiger partial charge in [0.25, 0.3) is 0 Å². The molecule has 8 heterocycles. The van der Waals surface area contributed by atoms with Gasteiger partial charge in [-0.2, -0.15) is 0 Å². The third-order valence-electron chi connectivity index (χ3n) is 19.8. The zero-order chi connectivity index (χ0) is 58.3. The maximum Gasteiger partial charge on any atom is 0.333 e. The second-order valence-electron chi connectivity index (χ2n) is 24.2. The van der Waals surface area contributed by atoms with Gasteiger partial charge in [-0.1, -0.05) is 194 Å². The summed E-state index contributed by atoms with van der Waals surface area (Å²) in [5.41, 5.74) is 29.3. The summed E-state index contributed by atoms with van der Waals surface area (Å²) >= 11 is 0. The Morgan fingerprint density at radius 2 is 0.618 bits per heavy atom. The summed E-state index contributed by atoms with van der Waals surface area (Å²) in [6.07, 6.45) is 1.75. The average molecular weight is 1130 g/mol. The summed E-state index contributed by atoms with van der Waals surface area (Å²) < 4.78 is 10.6. The van der Waals surface area contributed by atoms with Crippen molar-refractivity contribution in [1.29, 1.82) is 0 Å². The molecule has 0 radical (unpaired) electrons. The van der Waals surface area contributed by atoms with Gasteiger partial charge in [-0.25, -0.2) is 0 Å². The van der Waals surface area contributed by atoms with Gasteiger partial charge < -0.3 is 27.9 Å². The number of para-hydroxylation sites is 10. The molecule has 0 N–H and O–H groups in total. The van der Waals surface area contributed by atoms with Crippen molar-refractivity contribution in [2.24, 2.45) is 0 Å². The van der Waals surface area contributed by atoms with Gasteiger partial charge in [-0.05, 0) is 120 Å². The molecule has 0 bridgehead atoms. The Morgan fingerprint density at radius 3 is 1.01 bits per heavy atom. The van der Waals surface area contributed by atoms with Crippen molar-refractivity contribution in [1.82, 2.24) is 18.1 Å². The zero-order valence-corrected chi connectivity index (χ0v) is 48.7. The van der Waals surface area contributed by atoms with Crippen LogP contribution in [0.1, 0.15) is 6.92 Å². The molecule has 0 saturated heterocycles. The van der Waals surface area contributed by atoms with Crippen molar-refractivity contribution < 1.29 is 0 Å². The number of hydrogen-bond acceptors (Lipinski definition) is 2. The summed E-state index contributed by atoms with van der Waals surface area (Å²) in [6.45, 7) is 4.80. The first-order valence-electron chi connectivity index (χ1n) is 31.0. The monoisotopic (exact) mass is 1130 g/mol. The molecule has 8 heteroatoms. The van der Waals surface area contributed by atoms with E-state index >= 15 is 0 Å². The predicted octanol–water partition coefficient (Wildman–Crippen LogP) is 18.1. The van der Waals surface area contributed by atoms with E-state index < -0.39 is 0 Å². The van der Waals surface area contributed by atoms with Gasteiger partial charge in [0, 0.05) is 133 Å². The van der Waals surface area contributed by atoms with Crippen LogP contribution in [0.3, 0.4) is 0 Å². The summed E-state index contributed by atoms with van der Waals surface area (Å²) in [5.74, 6) is 0. The molecule has 6 nitrogen and oxygen atoms in total. The highest BCUT2D eigenvalue weighted by molar-refractivity contribution is 6.93. The minimum Gasteiger partial charge on any atom is -0.375 e. The van der Waals surface area contributed by atoms with Crippen LogP contribution >= 0.6 is 0 Å². The van der Waals surface area contributed by atoms with E-state index in [2.05, 4.69) is 314 Å². The largest absolute Gasteiger partial charge is 0.375 e. The summed E-state index contributed by atoms with van der Waals surface area (Å²) in [7, 11) is 0. The van der Waals surface area contributed by atoms with E-state index in [0.29, 0.717) is 0 Å². The molecule has 0 saturated carbocycles. The predicted molar refractivity (Wildman–Crippen MR) is 378 cm³/mol. The van der Waals surface area contributed by atoms with Gasteiger partial charge >= 0.3 is 13.7 Å². The fourth-order valence-electron chi connectivity index (χ4n) is 16.7. The molecule has 0 spiro atoms. The maximum atomic E-state index is 3.36. The number of benzene rings is 13. The van der Waals surface area contributed by atoms with Gasteiger partial charge in [0.1, 0.15) is 0 Å². The lowest BCUT2D eigenvalue weighted by Crippen LogP contribution is -2.61. The van der Waals surface area contributed by atoms with Crippen LogP contribution in [0.25, 0.3) is 121 Å². The number of aromatic nitrogens is 4. The minimum atomic E-state index is -0.226. The number of fused-ring (bicyclic) bond motifs is 22. The summed E-state index contributed by atoms with van der Waals surface area (Å²) in [4.78, 5) is 5.24. The average Bonchev–Trinajstić information content (AvgIpc) is 1.66. The molecule has 89 heavy (non-hydrogen) atoms. The maximum absolute atomic E-state index is 3.36. The number of nitrogens with zero attached hydrogens (tertiary/aromatic N) is 6. The standard InChI is InChI=1S/C78H46B2N6.C3H6/c1-5-23-47(24-6-1)81-67-46-68-62(45-61(67)79-73-69(81)43-59-53-33-13-17-39-63(53)83(49-27-9-3-10-28-49)77(59)71(73)57-37-21-35-55-51-31-15-19-41-65(51)85(79)75(55)57)80-74-70(82(68)48-25-7-2-8-26-48)44-60-54-34-14-18-40-64(54)84(50-29-11-4-12-30-50)78(60)72(74)58-38-22-36-56-52-32-16-20-42-66(52)86(80)76(56)58;1-3-2/h1-46H;3H,1H2,2H3. The van der Waals surface area contributed by atoms with Crippen LogP contribution in [0, 0.1) is 0 Å². The van der Waals surface area contributed by atoms with Crippen LogP contribution in [0.4, 0.5) is 34.1 Å². The van der Waals surface area contributed by atoms with Crippen molar-refractivity contribution >= 4 is 157 Å². The van der Waals surface area contributed by atoms with Crippen molar-refractivity contribution in [3.8, 4) is 33.6 Å². The molecular formula is C81H52B2N6. The van der Waals surface area contributed by atoms with Gasteiger partial charge in [-0.3, -0.25) is 0 Å². The minimum absolute atomic E-state index is 0.226. The van der Waals surface area contributed by atoms with Gasteiger partial charge in [0.15, 0.2) is 0 Å². The Kier molecular flexibility index (Phi) is 9.88. The molecule has 4 aliphatic rings. The van der Waals surface area contributed by atoms with Gasteiger partial charge in [0.2, 0.25) is 0 Å². The molecule has 0 amide bonds. The highest BCUT2D eigenvalue weighted by Gasteiger charge is 2.49. The number of hydrogen-bond donors (Lipinski definition) is 0. The highest BCUT2D eigenvalue weighted by Crippen LogP contribution is 2.54. The topological polar surface area (TPSA) is 26.2 Å². The van der Waals surface area contributed by atoms with Crippen LogP contribution < -0.4 is 31.7 Å². The van der Waals surface area contributed by atoms with E-state index in [9.17, 15) is 0 Å². The first-order chi connectivity index (χ1) is 44.2. The van der Waals surface area contributed by atoms with Crippen molar-refractivity contribution in [3.63, 3.8) is 0 Å². The fourth-order valence-corrected chi connectivity index (χ4v) is 16.7. The fraction of sp³-hybridized carbons (Fsp3) is 0.0123. The molecule has 17 aromatic rings. The lowest BCUT2D eigenvalue weighted by atomic mass is 9.41. The smallest absolute Gasteiger partial charge is 0.333 e. The van der Waals surface area contributed by atoms with Crippen molar-refractivity contribution in [2.45, 2.75) is 6.92 Å². The quantitative estimate of drug-likeness (QED) is 0.130. The third-order valence-corrected chi connectivity index (χ3v) is 19.8. The zero-order valence-electron chi connectivity index (χ0n) is 48.7. The van der Waals surface area contributed by atoms with Crippen LogP contribution in [0.2, 0.25) is 0 Å². The van der Waals surface area contributed by atoms with E-state index in [4.69, 9.17) is 0 Å². The van der Waals surface area contributed by atoms with E-state index in [1.54, 1.807) is 6.08 Å². The molecule has 21 rings (SSSR count). The van der Waals surface area contributed by atoms with Gasteiger partial charge in [-0.15, -0.1) is 6.58 Å². The van der Waals surface area contributed by atoms with Crippen molar-refractivity contribution in [3.05, 3.63) is 292 Å². The first kappa shape index (κ1) is 48.7. The normalized spacial score (nSPS) is 13.2. The molecular weight excluding hydrogens is 1080 g/mol. The molecule has 13 aromatic carbocycles. The third kappa shape index (κ3) is 6.26. The molecule has 4 aromatic heterocycles. The second-order valence-corrected chi connectivity index (χ2v) is 24.2. The molecule has 0 atom stereocenters. The Labute approximate surface area is 514 Å². The number of allylic oxidation sites excluding steroid dienone is 1. The van der Waals surface area contributed by atoms with Crippen molar-refractivity contribution in [2.75, 3.05) is 9.80 Å². The molecule has 0 aliphatic carbocycles. The Bertz CT molecular complexity index is 5560. The second kappa shape index (κ2) is 18.0.